The van der Waals surface area contributed by atoms with Gasteiger partial charge in [0.1, 0.15) is 23.8 Å². The van der Waals surface area contributed by atoms with Crippen LogP contribution in [0.2, 0.25) is 0 Å². The molecule has 0 saturated heterocycles. The van der Waals surface area contributed by atoms with Crippen LogP contribution in [0.25, 0.3) is 0 Å². The molecule has 1 aromatic carbocycles. The van der Waals surface area contributed by atoms with E-state index >= 15 is 0 Å². The van der Waals surface area contributed by atoms with Crippen molar-refractivity contribution >= 4 is 11.6 Å². The summed E-state index contributed by atoms with van der Waals surface area (Å²) in [5, 5.41) is 3.20. The van der Waals surface area contributed by atoms with Gasteiger partial charge in [0.25, 0.3) is 0 Å². The second-order valence-corrected chi connectivity index (χ2v) is 4.77. The van der Waals surface area contributed by atoms with Gasteiger partial charge in [0, 0.05) is 12.1 Å². The van der Waals surface area contributed by atoms with Crippen LogP contribution in [0.4, 0.5) is 16.0 Å². The first-order chi connectivity index (χ1) is 9.61. The van der Waals surface area contributed by atoms with Gasteiger partial charge in [-0.05, 0) is 23.6 Å². The summed E-state index contributed by atoms with van der Waals surface area (Å²) in [6, 6.07) is 6.45. The van der Waals surface area contributed by atoms with Crippen molar-refractivity contribution in [3.8, 4) is 0 Å². The molecule has 20 heavy (non-hydrogen) atoms. The molecule has 0 unspecified atom stereocenters. The summed E-state index contributed by atoms with van der Waals surface area (Å²) in [5.74, 6) is 6.72. The molecule has 0 atom stereocenters. The highest BCUT2D eigenvalue weighted by Crippen LogP contribution is 2.27. The molecule has 0 saturated carbocycles. The first kappa shape index (κ1) is 14.2. The molecule has 1 aromatic heterocycles. The maximum absolute atomic E-state index is 13.1. The molecule has 0 radical (unpaired) electrons. The number of nitrogens with one attached hydrogen (secondary N) is 2. The second kappa shape index (κ2) is 6.29. The minimum absolute atomic E-state index is 0.206. The molecule has 0 aliphatic heterocycles. The molecule has 0 bridgehead atoms. The fourth-order valence-electron chi connectivity index (χ4n) is 2.03. The third kappa shape index (κ3) is 3.21. The van der Waals surface area contributed by atoms with Gasteiger partial charge in [-0.25, -0.2) is 20.2 Å². The number of hydrazine groups is 1. The fourth-order valence-corrected chi connectivity index (χ4v) is 2.03. The van der Waals surface area contributed by atoms with E-state index in [4.69, 9.17) is 5.84 Å². The largest absolute Gasteiger partial charge is 0.366 e. The summed E-state index contributed by atoms with van der Waals surface area (Å²) in [5.41, 5.74) is 4.33. The molecule has 2 rings (SSSR count). The van der Waals surface area contributed by atoms with Crippen molar-refractivity contribution in [2.45, 2.75) is 26.3 Å². The van der Waals surface area contributed by atoms with Crippen molar-refractivity contribution in [1.29, 1.82) is 0 Å². The molecule has 106 valence electrons. The van der Waals surface area contributed by atoms with Crippen LogP contribution in [-0.2, 0) is 6.54 Å². The molecule has 1 heterocycles. The smallest absolute Gasteiger partial charge is 0.148 e. The summed E-state index contributed by atoms with van der Waals surface area (Å²) in [6.07, 6.45) is 1.44. The highest BCUT2D eigenvalue weighted by Gasteiger charge is 2.14. The molecule has 0 spiro atoms. The van der Waals surface area contributed by atoms with Crippen LogP contribution in [0.5, 0.6) is 0 Å². The number of halogens is 1. The van der Waals surface area contributed by atoms with Crippen LogP contribution in [-0.4, -0.2) is 9.97 Å². The van der Waals surface area contributed by atoms with Gasteiger partial charge in [0.05, 0.1) is 0 Å². The Kier molecular flexibility index (Phi) is 4.47. The van der Waals surface area contributed by atoms with Crippen LogP contribution in [0, 0.1) is 5.82 Å². The van der Waals surface area contributed by atoms with Crippen molar-refractivity contribution in [2.75, 3.05) is 10.7 Å². The molecule has 0 fully saturated rings. The lowest BCUT2D eigenvalue weighted by Crippen LogP contribution is -2.15. The second-order valence-electron chi connectivity index (χ2n) is 4.77. The van der Waals surface area contributed by atoms with E-state index in [0.717, 1.165) is 11.1 Å². The molecule has 5 nitrogen and oxygen atoms in total. The average molecular weight is 275 g/mol. The number of hydrogen-bond acceptors (Lipinski definition) is 5. The van der Waals surface area contributed by atoms with Crippen LogP contribution < -0.4 is 16.6 Å². The Morgan fingerprint density at radius 1 is 1.25 bits per heavy atom. The number of nitrogens with zero attached hydrogens (tertiary/aromatic N) is 2. The SMILES string of the molecule is CC(C)c1c(NN)ncnc1NCc1cccc(F)c1. The predicted octanol–water partition coefficient (Wildman–Crippen LogP) is 2.64. The Labute approximate surface area is 117 Å². The highest BCUT2D eigenvalue weighted by atomic mass is 19.1. The van der Waals surface area contributed by atoms with Crippen LogP contribution >= 0.6 is 0 Å². The molecule has 2 aromatic rings. The molecule has 6 heteroatoms. The third-order valence-electron chi connectivity index (χ3n) is 2.95. The van der Waals surface area contributed by atoms with Crippen LogP contribution in [0.3, 0.4) is 0 Å². The number of benzene rings is 1. The van der Waals surface area contributed by atoms with Gasteiger partial charge >= 0.3 is 0 Å². The standard InChI is InChI=1S/C14H18FN5/c1-9(2)12-13(18-8-19-14(12)20-16)17-7-10-4-3-5-11(15)6-10/h3-6,8-9H,7,16H2,1-2H3,(H2,17,18,19,20). The van der Waals surface area contributed by atoms with E-state index in [-0.39, 0.29) is 11.7 Å². The number of aromatic nitrogens is 2. The van der Waals surface area contributed by atoms with Crippen molar-refractivity contribution < 1.29 is 4.39 Å². The van der Waals surface area contributed by atoms with E-state index in [1.165, 1.54) is 18.5 Å². The van der Waals surface area contributed by atoms with Crippen LogP contribution in [0.15, 0.2) is 30.6 Å². The summed E-state index contributed by atoms with van der Waals surface area (Å²) in [6.45, 7) is 4.55. The van der Waals surface area contributed by atoms with Gasteiger partial charge in [-0.2, -0.15) is 0 Å². The van der Waals surface area contributed by atoms with E-state index in [9.17, 15) is 4.39 Å². The molecule has 0 amide bonds. The Balaban J connectivity index is 2.21. The minimum Gasteiger partial charge on any atom is -0.366 e. The molecule has 4 N–H and O–H groups in total. The van der Waals surface area contributed by atoms with Crippen molar-refractivity contribution in [3.05, 3.63) is 47.5 Å². The van der Waals surface area contributed by atoms with E-state index in [1.807, 2.05) is 19.9 Å². The lowest BCUT2D eigenvalue weighted by atomic mass is 10.0. The van der Waals surface area contributed by atoms with Gasteiger partial charge in [0.2, 0.25) is 0 Å². The van der Waals surface area contributed by atoms with E-state index in [1.54, 1.807) is 6.07 Å². The van der Waals surface area contributed by atoms with Crippen LogP contribution in [0.1, 0.15) is 30.9 Å². The lowest BCUT2D eigenvalue weighted by Gasteiger charge is -2.16. The summed E-state index contributed by atoms with van der Waals surface area (Å²) in [4.78, 5) is 8.34. The van der Waals surface area contributed by atoms with Gasteiger partial charge < -0.3 is 10.7 Å². The third-order valence-corrected chi connectivity index (χ3v) is 2.95. The molecular weight excluding hydrogens is 257 g/mol. The van der Waals surface area contributed by atoms with Crippen molar-refractivity contribution in [1.82, 2.24) is 9.97 Å². The Bertz CT molecular complexity index is 586. The predicted molar refractivity (Wildman–Crippen MR) is 77.7 cm³/mol. The van der Waals surface area contributed by atoms with Gasteiger partial charge in [-0.15, -0.1) is 0 Å². The Morgan fingerprint density at radius 3 is 2.65 bits per heavy atom. The maximum atomic E-state index is 13.1. The number of anilines is 2. The van der Waals surface area contributed by atoms with Gasteiger partial charge in [-0.1, -0.05) is 26.0 Å². The summed E-state index contributed by atoms with van der Waals surface area (Å²) in [7, 11) is 0. The van der Waals surface area contributed by atoms with E-state index in [2.05, 4.69) is 20.7 Å². The lowest BCUT2D eigenvalue weighted by molar-refractivity contribution is 0.626. The van der Waals surface area contributed by atoms with E-state index < -0.39 is 0 Å². The Morgan fingerprint density at radius 2 is 2.00 bits per heavy atom. The minimum atomic E-state index is -0.250. The Hall–Kier alpha value is -2.21. The fraction of sp³-hybridized carbons (Fsp3) is 0.286. The first-order valence-electron chi connectivity index (χ1n) is 6.41. The van der Waals surface area contributed by atoms with Crippen molar-refractivity contribution in [3.63, 3.8) is 0 Å². The van der Waals surface area contributed by atoms with Gasteiger partial charge in [0.15, 0.2) is 0 Å². The molecule has 0 aliphatic carbocycles. The molecule has 0 aliphatic rings. The van der Waals surface area contributed by atoms with Gasteiger partial charge in [-0.3, -0.25) is 0 Å². The van der Waals surface area contributed by atoms with Crippen molar-refractivity contribution in [2.24, 2.45) is 5.84 Å². The monoisotopic (exact) mass is 275 g/mol. The van der Waals surface area contributed by atoms with E-state index in [0.29, 0.717) is 18.2 Å². The normalized spacial score (nSPS) is 10.7. The zero-order chi connectivity index (χ0) is 14.5. The first-order valence-corrected chi connectivity index (χ1v) is 6.41. The number of rotatable bonds is 5. The number of hydrogen-bond donors (Lipinski definition) is 3. The molecular formula is C14H18FN5. The maximum Gasteiger partial charge on any atom is 0.148 e. The average Bonchev–Trinajstić information content (AvgIpc) is 2.44. The number of nitrogens with two attached hydrogens (primary N) is 1. The topological polar surface area (TPSA) is 75.9 Å². The summed E-state index contributed by atoms with van der Waals surface area (Å²) < 4.78 is 13.1. The zero-order valence-corrected chi connectivity index (χ0v) is 11.5. The highest BCUT2D eigenvalue weighted by molar-refractivity contribution is 5.58. The number of nitrogen functional groups attached to an aromatic ring is 1. The zero-order valence-electron chi connectivity index (χ0n) is 11.5. The summed E-state index contributed by atoms with van der Waals surface area (Å²) >= 11 is 0. The quantitative estimate of drug-likeness (QED) is 0.577.